The molecule has 0 saturated heterocycles. The Morgan fingerprint density at radius 2 is 1.78 bits per heavy atom. The summed E-state index contributed by atoms with van der Waals surface area (Å²) < 4.78 is 10.5. The number of methoxy groups -OCH3 is 2. The number of aryl methyl sites for hydroxylation is 2. The molecule has 0 heterocycles. The van der Waals surface area contributed by atoms with E-state index in [1.807, 2.05) is 49.4 Å². The van der Waals surface area contributed by atoms with Crippen LogP contribution in [0.3, 0.4) is 0 Å². The Hall–Kier alpha value is -2.49. The topological polar surface area (TPSA) is 47.6 Å². The zero-order valence-electron chi connectivity index (χ0n) is 13.9. The van der Waals surface area contributed by atoms with Crippen molar-refractivity contribution in [3.63, 3.8) is 0 Å². The van der Waals surface area contributed by atoms with Crippen LogP contribution >= 0.6 is 0 Å². The number of carbonyl (C=O) groups excluding carboxylic acids is 1. The van der Waals surface area contributed by atoms with Gasteiger partial charge in [-0.1, -0.05) is 30.3 Å². The molecule has 0 saturated carbocycles. The molecule has 0 spiro atoms. The minimum Gasteiger partial charge on any atom is -0.493 e. The number of nitrogens with one attached hydrogen (secondary N) is 1. The van der Waals surface area contributed by atoms with Gasteiger partial charge in [0.1, 0.15) is 0 Å². The van der Waals surface area contributed by atoms with E-state index in [-0.39, 0.29) is 5.91 Å². The largest absolute Gasteiger partial charge is 0.493 e. The van der Waals surface area contributed by atoms with Gasteiger partial charge in [0.15, 0.2) is 11.5 Å². The summed E-state index contributed by atoms with van der Waals surface area (Å²) in [6.45, 7) is 2.61. The van der Waals surface area contributed by atoms with Gasteiger partial charge in [-0.25, -0.2) is 0 Å². The van der Waals surface area contributed by atoms with Gasteiger partial charge in [0, 0.05) is 13.0 Å². The highest BCUT2D eigenvalue weighted by atomic mass is 16.5. The second kappa shape index (κ2) is 8.22. The van der Waals surface area contributed by atoms with Crippen molar-refractivity contribution in [1.29, 1.82) is 0 Å². The second-order valence-electron chi connectivity index (χ2n) is 5.39. The van der Waals surface area contributed by atoms with Gasteiger partial charge >= 0.3 is 0 Å². The fraction of sp³-hybridized carbons (Fsp3) is 0.316. The molecular formula is C19H23NO3. The van der Waals surface area contributed by atoms with E-state index < -0.39 is 0 Å². The Kier molecular flexibility index (Phi) is 6.03. The van der Waals surface area contributed by atoms with Gasteiger partial charge in [-0.3, -0.25) is 4.79 Å². The molecule has 0 atom stereocenters. The third-order valence-electron chi connectivity index (χ3n) is 3.83. The van der Waals surface area contributed by atoms with Gasteiger partial charge in [0.25, 0.3) is 0 Å². The molecule has 0 bridgehead atoms. The van der Waals surface area contributed by atoms with E-state index in [4.69, 9.17) is 9.47 Å². The molecule has 1 N–H and O–H groups in total. The number of amides is 1. The average Bonchev–Trinajstić information content (AvgIpc) is 2.58. The van der Waals surface area contributed by atoms with Crippen molar-refractivity contribution in [2.45, 2.75) is 26.3 Å². The first-order valence-electron chi connectivity index (χ1n) is 7.66. The summed E-state index contributed by atoms with van der Waals surface area (Å²) in [6.07, 6.45) is 1.11. The molecule has 0 aromatic heterocycles. The Bertz CT molecular complexity index is 667. The molecule has 2 aromatic carbocycles. The van der Waals surface area contributed by atoms with E-state index in [2.05, 4.69) is 5.32 Å². The van der Waals surface area contributed by atoms with Crippen molar-refractivity contribution >= 4 is 5.91 Å². The SMILES string of the molecule is COc1ccc(CCC(=O)NCc2ccccc2C)cc1OC. The Morgan fingerprint density at radius 3 is 2.48 bits per heavy atom. The lowest BCUT2D eigenvalue weighted by molar-refractivity contribution is -0.121. The highest BCUT2D eigenvalue weighted by Gasteiger charge is 2.07. The molecule has 0 fully saturated rings. The van der Waals surface area contributed by atoms with Gasteiger partial charge < -0.3 is 14.8 Å². The molecule has 0 aliphatic rings. The molecule has 0 aliphatic carbocycles. The third kappa shape index (κ3) is 4.74. The fourth-order valence-electron chi connectivity index (χ4n) is 2.38. The molecule has 122 valence electrons. The van der Waals surface area contributed by atoms with Crippen molar-refractivity contribution in [2.24, 2.45) is 0 Å². The summed E-state index contributed by atoms with van der Waals surface area (Å²) in [5.41, 5.74) is 3.38. The molecular weight excluding hydrogens is 290 g/mol. The predicted octanol–water partition coefficient (Wildman–Crippen LogP) is 3.26. The number of ether oxygens (including phenoxy) is 2. The highest BCUT2D eigenvalue weighted by molar-refractivity contribution is 5.76. The molecule has 0 radical (unpaired) electrons. The highest BCUT2D eigenvalue weighted by Crippen LogP contribution is 2.27. The second-order valence-corrected chi connectivity index (χ2v) is 5.39. The lowest BCUT2D eigenvalue weighted by Gasteiger charge is -2.10. The first kappa shape index (κ1) is 16.9. The molecule has 2 rings (SSSR count). The minimum atomic E-state index is 0.0445. The quantitative estimate of drug-likeness (QED) is 0.853. The maximum absolute atomic E-state index is 12.0. The number of benzene rings is 2. The van der Waals surface area contributed by atoms with Gasteiger partial charge in [-0.15, -0.1) is 0 Å². The van der Waals surface area contributed by atoms with Crippen LogP contribution in [0.25, 0.3) is 0 Å². The molecule has 1 amide bonds. The van der Waals surface area contributed by atoms with Crippen LogP contribution in [0.1, 0.15) is 23.1 Å². The van der Waals surface area contributed by atoms with Crippen LogP contribution < -0.4 is 14.8 Å². The van der Waals surface area contributed by atoms with Crippen LogP contribution in [-0.2, 0) is 17.8 Å². The Balaban J connectivity index is 1.86. The maximum atomic E-state index is 12.0. The fourth-order valence-corrected chi connectivity index (χ4v) is 2.38. The van der Waals surface area contributed by atoms with Crippen molar-refractivity contribution < 1.29 is 14.3 Å². The monoisotopic (exact) mass is 313 g/mol. The summed E-state index contributed by atoms with van der Waals surface area (Å²) in [5.74, 6) is 1.42. The van der Waals surface area contributed by atoms with E-state index in [0.717, 1.165) is 11.1 Å². The van der Waals surface area contributed by atoms with E-state index in [9.17, 15) is 4.79 Å². The van der Waals surface area contributed by atoms with Gasteiger partial charge in [-0.2, -0.15) is 0 Å². The normalized spacial score (nSPS) is 10.2. The number of hydrogen-bond acceptors (Lipinski definition) is 3. The standard InChI is InChI=1S/C19H23NO3/c1-14-6-4-5-7-16(14)13-20-19(21)11-9-15-8-10-17(22-2)18(12-15)23-3/h4-8,10,12H,9,11,13H2,1-3H3,(H,20,21). The number of hydrogen-bond donors (Lipinski definition) is 1. The van der Waals surface area contributed by atoms with E-state index in [0.29, 0.717) is 30.9 Å². The Labute approximate surface area is 137 Å². The molecule has 2 aromatic rings. The predicted molar refractivity (Wildman–Crippen MR) is 90.9 cm³/mol. The number of carbonyl (C=O) groups is 1. The lowest BCUT2D eigenvalue weighted by atomic mass is 10.1. The molecule has 23 heavy (non-hydrogen) atoms. The van der Waals surface area contributed by atoms with Crippen molar-refractivity contribution in [3.05, 3.63) is 59.2 Å². The summed E-state index contributed by atoms with van der Waals surface area (Å²) in [7, 11) is 3.22. The summed E-state index contributed by atoms with van der Waals surface area (Å²) in [5, 5.41) is 2.97. The van der Waals surface area contributed by atoms with Crippen LogP contribution in [0, 0.1) is 6.92 Å². The average molecular weight is 313 g/mol. The first-order valence-corrected chi connectivity index (χ1v) is 7.66. The van der Waals surface area contributed by atoms with Crippen molar-refractivity contribution in [2.75, 3.05) is 14.2 Å². The smallest absolute Gasteiger partial charge is 0.220 e. The number of rotatable bonds is 7. The summed E-state index contributed by atoms with van der Waals surface area (Å²) in [4.78, 5) is 12.0. The van der Waals surface area contributed by atoms with Crippen LogP contribution in [-0.4, -0.2) is 20.1 Å². The van der Waals surface area contributed by atoms with Crippen molar-refractivity contribution in [1.82, 2.24) is 5.32 Å². The summed E-state index contributed by atoms with van der Waals surface area (Å²) >= 11 is 0. The molecule has 4 nitrogen and oxygen atoms in total. The molecule has 0 unspecified atom stereocenters. The third-order valence-corrected chi connectivity index (χ3v) is 3.83. The summed E-state index contributed by atoms with van der Waals surface area (Å²) in [6, 6.07) is 13.8. The Morgan fingerprint density at radius 1 is 1.04 bits per heavy atom. The van der Waals surface area contributed by atoms with E-state index >= 15 is 0 Å². The van der Waals surface area contributed by atoms with Crippen molar-refractivity contribution in [3.8, 4) is 11.5 Å². The van der Waals surface area contributed by atoms with Crippen LogP contribution in [0.4, 0.5) is 0 Å². The zero-order valence-corrected chi connectivity index (χ0v) is 13.9. The van der Waals surface area contributed by atoms with Gasteiger partial charge in [0.2, 0.25) is 5.91 Å². The van der Waals surface area contributed by atoms with Gasteiger partial charge in [0.05, 0.1) is 14.2 Å². The van der Waals surface area contributed by atoms with E-state index in [1.54, 1.807) is 14.2 Å². The first-order chi connectivity index (χ1) is 11.1. The maximum Gasteiger partial charge on any atom is 0.220 e. The van der Waals surface area contributed by atoms with Gasteiger partial charge in [-0.05, 0) is 42.2 Å². The molecule has 4 heteroatoms. The minimum absolute atomic E-state index is 0.0445. The van der Waals surface area contributed by atoms with Crippen LogP contribution in [0.5, 0.6) is 11.5 Å². The van der Waals surface area contributed by atoms with Crippen LogP contribution in [0.2, 0.25) is 0 Å². The van der Waals surface area contributed by atoms with E-state index in [1.165, 1.54) is 5.56 Å². The zero-order chi connectivity index (χ0) is 16.7. The molecule has 0 aliphatic heterocycles. The van der Waals surface area contributed by atoms with Crippen LogP contribution in [0.15, 0.2) is 42.5 Å². The lowest BCUT2D eigenvalue weighted by Crippen LogP contribution is -2.23.